The Bertz CT molecular complexity index is 486. The van der Waals surface area contributed by atoms with Crippen LogP contribution in [0.5, 0.6) is 0 Å². The van der Waals surface area contributed by atoms with Gasteiger partial charge in [-0.25, -0.2) is 0 Å². The number of carboxylic acids is 1. The Morgan fingerprint density at radius 2 is 1.95 bits per heavy atom. The van der Waals surface area contributed by atoms with E-state index < -0.39 is 5.97 Å². The molecule has 0 aromatic heterocycles. The van der Waals surface area contributed by atoms with Crippen molar-refractivity contribution in [2.45, 2.75) is 31.6 Å². The molecule has 20 heavy (non-hydrogen) atoms. The van der Waals surface area contributed by atoms with Crippen LogP contribution in [0.25, 0.3) is 0 Å². The molecule has 1 saturated carbocycles. The third-order valence-electron chi connectivity index (χ3n) is 3.54. The predicted octanol–water partition coefficient (Wildman–Crippen LogP) is 2.92. The highest BCUT2D eigenvalue weighted by Crippen LogP contribution is 2.47. The van der Waals surface area contributed by atoms with E-state index in [1.54, 1.807) is 0 Å². The number of unbranched alkanes of at least 4 members (excludes halogenated alkanes) is 1. The van der Waals surface area contributed by atoms with Crippen molar-refractivity contribution in [3.05, 3.63) is 34.3 Å². The Hall–Kier alpha value is -1.36. The molecule has 0 radical (unpaired) electrons. The predicted molar refractivity (Wildman–Crippen MR) is 79.5 cm³/mol. The first-order chi connectivity index (χ1) is 9.58. The van der Waals surface area contributed by atoms with Crippen molar-refractivity contribution in [1.82, 2.24) is 5.32 Å². The van der Waals surface area contributed by atoms with Gasteiger partial charge in [0.05, 0.1) is 0 Å². The number of carbonyl (C=O) groups excluding carboxylic acids is 1. The van der Waals surface area contributed by atoms with E-state index in [1.807, 2.05) is 12.1 Å². The smallest absolute Gasteiger partial charge is 0.303 e. The van der Waals surface area contributed by atoms with E-state index in [2.05, 4.69) is 33.4 Å². The summed E-state index contributed by atoms with van der Waals surface area (Å²) >= 11 is 3.40. The average molecular weight is 340 g/mol. The van der Waals surface area contributed by atoms with Crippen molar-refractivity contribution in [2.75, 3.05) is 6.54 Å². The van der Waals surface area contributed by atoms with Gasteiger partial charge >= 0.3 is 5.97 Å². The van der Waals surface area contributed by atoms with Gasteiger partial charge in [0.2, 0.25) is 5.91 Å². The van der Waals surface area contributed by atoms with Gasteiger partial charge in [0.25, 0.3) is 0 Å². The van der Waals surface area contributed by atoms with Crippen LogP contribution in [0.15, 0.2) is 28.7 Å². The lowest BCUT2D eigenvalue weighted by Gasteiger charge is -2.04. The number of amides is 1. The number of halogens is 1. The Morgan fingerprint density at radius 3 is 2.60 bits per heavy atom. The van der Waals surface area contributed by atoms with Crippen LogP contribution in [-0.4, -0.2) is 23.5 Å². The van der Waals surface area contributed by atoms with E-state index in [-0.39, 0.29) is 18.2 Å². The van der Waals surface area contributed by atoms with Crippen LogP contribution in [0, 0.1) is 5.92 Å². The summed E-state index contributed by atoms with van der Waals surface area (Å²) in [6.45, 7) is 0.565. The Balaban J connectivity index is 1.68. The molecule has 0 aliphatic heterocycles. The lowest BCUT2D eigenvalue weighted by molar-refractivity contribution is -0.137. The second kappa shape index (κ2) is 6.88. The van der Waals surface area contributed by atoms with Crippen LogP contribution in [0.4, 0.5) is 0 Å². The first-order valence-corrected chi connectivity index (χ1v) is 7.62. The second-order valence-corrected chi connectivity index (χ2v) is 6.06. The van der Waals surface area contributed by atoms with Crippen molar-refractivity contribution in [3.63, 3.8) is 0 Å². The fraction of sp³-hybridized carbons (Fsp3) is 0.467. The maximum atomic E-state index is 11.9. The topological polar surface area (TPSA) is 66.4 Å². The lowest BCUT2D eigenvalue weighted by atomic mass is 10.1. The average Bonchev–Trinajstić information content (AvgIpc) is 3.19. The van der Waals surface area contributed by atoms with E-state index in [4.69, 9.17) is 5.11 Å². The summed E-state index contributed by atoms with van der Waals surface area (Å²) in [5.74, 6) is -0.278. The van der Waals surface area contributed by atoms with Gasteiger partial charge < -0.3 is 10.4 Å². The molecule has 1 aromatic carbocycles. The van der Waals surface area contributed by atoms with Gasteiger partial charge in [0.15, 0.2) is 0 Å². The maximum absolute atomic E-state index is 11.9. The number of nitrogens with one attached hydrogen (secondary N) is 1. The summed E-state index contributed by atoms with van der Waals surface area (Å²) in [5, 5.41) is 11.4. The van der Waals surface area contributed by atoms with Crippen LogP contribution in [-0.2, 0) is 9.59 Å². The summed E-state index contributed by atoms with van der Waals surface area (Å²) in [4.78, 5) is 22.3. The van der Waals surface area contributed by atoms with E-state index in [0.717, 1.165) is 10.9 Å². The van der Waals surface area contributed by atoms with Crippen LogP contribution < -0.4 is 5.32 Å². The van der Waals surface area contributed by atoms with Crippen molar-refractivity contribution >= 4 is 27.8 Å². The molecule has 5 heteroatoms. The van der Waals surface area contributed by atoms with E-state index in [9.17, 15) is 9.59 Å². The van der Waals surface area contributed by atoms with Crippen LogP contribution >= 0.6 is 15.9 Å². The molecule has 1 amide bonds. The molecule has 1 aliphatic rings. The Kier molecular flexibility index (Phi) is 5.17. The molecule has 2 atom stereocenters. The molecule has 2 N–H and O–H groups in total. The maximum Gasteiger partial charge on any atom is 0.303 e. The first-order valence-electron chi connectivity index (χ1n) is 6.83. The van der Waals surface area contributed by atoms with E-state index in [1.165, 1.54) is 5.56 Å². The largest absolute Gasteiger partial charge is 0.481 e. The quantitative estimate of drug-likeness (QED) is 0.750. The molecule has 4 nitrogen and oxygen atoms in total. The number of carboxylic acid groups (broad SMARTS) is 1. The molecule has 2 rings (SSSR count). The molecule has 0 spiro atoms. The van der Waals surface area contributed by atoms with E-state index >= 15 is 0 Å². The molecule has 0 heterocycles. The summed E-state index contributed by atoms with van der Waals surface area (Å²) in [6.07, 6.45) is 2.40. The van der Waals surface area contributed by atoms with Gasteiger partial charge in [0.1, 0.15) is 0 Å². The van der Waals surface area contributed by atoms with Gasteiger partial charge in [-0.1, -0.05) is 28.1 Å². The Labute approximate surface area is 126 Å². The van der Waals surface area contributed by atoms with Crippen molar-refractivity contribution < 1.29 is 14.7 Å². The summed E-state index contributed by atoms with van der Waals surface area (Å²) in [6, 6.07) is 8.09. The standard InChI is InChI=1S/C15H18BrNO3/c16-11-6-4-10(5-7-11)12-9-13(12)15(20)17-8-2-1-3-14(18)19/h4-7,12-13H,1-3,8-9H2,(H,17,20)(H,18,19). The highest BCUT2D eigenvalue weighted by molar-refractivity contribution is 9.10. The third kappa shape index (κ3) is 4.34. The van der Waals surface area contributed by atoms with Gasteiger partial charge in [-0.2, -0.15) is 0 Å². The highest BCUT2D eigenvalue weighted by Gasteiger charge is 2.43. The molecular formula is C15H18BrNO3. The molecule has 0 saturated heterocycles. The van der Waals surface area contributed by atoms with Gasteiger partial charge in [-0.15, -0.1) is 0 Å². The summed E-state index contributed by atoms with van der Waals surface area (Å²) in [5.41, 5.74) is 1.21. The number of hydrogen-bond acceptors (Lipinski definition) is 2. The normalized spacial score (nSPS) is 20.4. The minimum Gasteiger partial charge on any atom is -0.481 e. The SMILES string of the molecule is O=C(O)CCCCNC(=O)C1CC1c1ccc(Br)cc1. The van der Waals surface area contributed by atoms with Crippen molar-refractivity contribution in [1.29, 1.82) is 0 Å². The van der Waals surface area contributed by atoms with Crippen LogP contribution in [0.3, 0.4) is 0 Å². The number of carbonyl (C=O) groups is 2. The second-order valence-electron chi connectivity index (χ2n) is 5.14. The molecular weight excluding hydrogens is 322 g/mol. The summed E-state index contributed by atoms with van der Waals surface area (Å²) < 4.78 is 1.04. The van der Waals surface area contributed by atoms with Crippen molar-refractivity contribution in [2.24, 2.45) is 5.92 Å². The molecule has 1 aliphatic carbocycles. The zero-order valence-electron chi connectivity index (χ0n) is 11.1. The first kappa shape index (κ1) is 15.0. The summed E-state index contributed by atoms with van der Waals surface area (Å²) in [7, 11) is 0. The van der Waals surface area contributed by atoms with Crippen LogP contribution in [0.2, 0.25) is 0 Å². The molecule has 108 valence electrons. The van der Waals surface area contributed by atoms with Gasteiger partial charge in [0, 0.05) is 23.4 Å². The number of benzene rings is 1. The molecule has 0 bridgehead atoms. The third-order valence-corrected chi connectivity index (χ3v) is 4.07. The number of aliphatic carboxylic acids is 1. The fourth-order valence-electron chi connectivity index (χ4n) is 2.31. The van der Waals surface area contributed by atoms with Gasteiger partial charge in [-0.05, 0) is 42.9 Å². The lowest BCUT2D eigenvalue weighted by Crippen LogP contribution is -2.26. The molecule has 1 fully saturated rings. The minimum absolute atomic E-state index is 0.0793. The zero-order chi connectivity index (χ0) is 14.5. The Morgan fingerprint density at radius 1 is 1.25 bits per heavy atom. The molecule has 2 unspecified atom stereocenters. The number of hydrogen-bond donors (Lipinski definition) is 2. The van der Waals surface area contributed by atoms with E-state index in [0.29, 0.717) is 25.3 Å². The van der Waals surface area contributed by atoms with Crippen molar-refractivity contribution in [3.8, 4) is 0 Å². The monoisotopic (exact) mass is 339 g/mol. The fourth-order valence-corrected chi connectivity index (χ4v) is 2.57. The minimum atomic E-state index is -0.783. The highest BCUT2D eigenvalue weighted by atomic mass is 79.9. The zero-order valence-corrected chi connectivity index (χ0v) is 12.7. The molecule has 1 aromatic rings. The van der Waals surface area contributed by atoms with Gasteiger partial charge in [-0.3, -0.25) is 9.59 Å². The number of rotatable bonds is 7. The van der Waals surface area contributed by atoms with Crippen LogP contribution in [0.1, 0.15) is 37.2 Å².